The van der Waals surface area contributed by atoms with Gasteiger partial charge in [0.05, 0.1) is 6.42 Å². The van der Waals surface area contributed by atoms with Gasteiger partial charge in [-0.1, -0.05) is 38.8 Å². The summed E-state index contributed by atoms with van der Waals surface area (Å²) >= 11 is 0. The maximum Gasteiger partial charge on any atom is 0.234 e. The van der Waals surface area contributed by atoms with Crippen LogP contribution in [0.5, 0.6) is 0 Å². The molecule has 1 aliphatic carbocycles. The second-order valence-electron chi connectivity index (χ2n) is 6.47. The van der Waals surface area contributed by atoms with Gasteiger partial charge in [-0.2, -0.15) is 4.98 Å². The maximum absolute atomic E-state index is 12.0. The van der Waals surface area contributed by atoms with Crippen molar-refractivity contribution in [1.29, 1.82) is 0 Å². The zero-order valence-electron chi connectivity index (χ0n) is 11.5. The molecule has 0 amide bonds. The number of rotatable bonds is 4. The van der Waals surface area contributed by atoms with E-state index in [9.17, 15) is 4.79 Å². The molecular weight excluding hydrogens is 228 g/mol. The van der Waals surface area contributed by atoms with E-state index in [1.165, 1.54) is 12.8 Å². The zero-order valence-corrected chi connectivity index (χ0v) is 11.5. The predicted octanol–water partition coefficient (Wildman–Crippen LogP) is 2.96. The van der Waals surface area contributed by atoms with Crippen LogP contribution in [0.25, 0.3) is 0 Å². The molecule has 1 aromatic rings. The van der Waals surface area contributed by atoms with E-state index in [0.29, 0.717) is 18.1 Å². The van der Waals surface area contributed by atoms with Crippen LogP contribution in [0, 0.1) is 11.3 Å². The second-order valence-corrected chi connectivity index (χ2v) is 6.47. The van der Waals surface area contributed by atoms with Crippen molar-refractivity contribution >= 4 is 5.78 Å². The van der Waals surface area contributed by atoms with Crippen molar-refractivity contribution < 1.29 is 9.32 Å². The summed E-state index contributed by atoms with van der Waals surface area (Å²) in [5.74, 6) is 1.67. The number of Topliss-reactive ketones (excluding diaryl/α,β-unsaturated/α-hetero) is 1. The molecule has 0 aliphatic heterocycles. The van der Waals surface area contributed by atoms with Crippen molar-refractivity contribution in [3.8, 4) is 0 Å². The molecular formula is C14H22N2O2. The minimum Gasteiger partial charge on any atom is -0.339 e. The van der Waals surface area contributed by atoms with E-state index in [4.69, 9.17) is 4.52 Å². The van der Waals surface area contributed by atoms with Gasteiger partial charge in [0.15, 0.2) is 5.82 Å². The summed E-state index contributed by atoms with van der Waals surface area (Å²) in [5.41, 5.74) is 0.136. The Bertz CT molecular complexity index is 412. The van der Waals surface area contributed by atoms with Gasteiger partial charge in [-0.3, -0.25) is 4.79 Å². The molecule has 1 fully saturated rings. The van der Waals surface area contributed by atoms with Crippen molar-refractivity contribution in [2.45, 2.75) is 59.3 Å². The minimum atomic E-state index is 0.136. The van der Waals surface area contributed by atoms with Crippen LogP contribution < -0.4 is 0 Å². The summed E-state index contributed by atoms with van der Waals surface area (Å²) in [5, 5.41) is 3.94. The lowest BCUT2D eigenvalue weighted by Gasteiger charge is -2.14. The molecule has 0 bridgehead atoms. The molecule has 0 atom stereocenters. The smallest absolute Gasteiger partial charge is 0.234 e. The third-order valence-corrected chi connectivity index (χ3v) is 3.33. The van der Waals surface area contributed by atoms with Crippen LogP contribution in [0.4, 0.5) is 0 Å². The van der Waals surface area contributed by atoms with Gasteiger partial charge < -0.3 is 4.52 Å². The van der Waals surface area contributed by atoms with E-state index in [-0.39, 0.29) is 17.1 Å². The summed E-state index contributed by atoms with van der Waals surface area (Å²) in [6.45, 7) is 6.39. The lowest BCUT2D eigenvalue weighted by Crippen LogP contribution is -2.14. The van der Waals surface area contributed by atoms with E-state index in [0.717, 1.165) is 19.3 Å². The van der Waals surface area contributed by atoms with Crippen LogP contribution in [-0.2, 0) is 17.6 Å². The molecule has 1 aromatic heterocycles. The van der Waals surface area contributed by atoms with Gasteiger partial charge in [-0.05, 0) is 18.3 Å². The van der Waals surface area contributed by atoms with E-state index in [1.807, 2.05) is 0 Å². The molecule has 0 unspecified atom stereocenters. The largest absolute Gasteiger partial charge is 0.339 e. The van der Waals surface area contributed by atoms with Gasteiger partial charge in [0.1, 0.15) is 5.78 Å². The predicted molar refractivity (Wildman–Crippen MR) is 68.1 cm³/mol. The van der Waals surface area contributed by atoms with Crippen LogP contribution in [0.3, 0.4) is 0 Å². The lowest BCUT2D eigenvalue weighted by molar-refractivity contribution is -0.122. The van der Waals surface area contributed by atoms with E-state index < -0.39 is 0 Å². The normalized spacial score (nSPS) is 17.3. The molecule has 0 aromatic carbocycles. The standard InChI is InChI=1S/C14H22N2O2/c1-14(2,3)9-12-15-13(18-16-12)8-11(17)10-6-4-5-7-10/h10H,4-9H2,1-3H3. The number of ketones is 1. The molecule has 1 heterocycles. The van der Waals surface area contributed by atoms with E-state index in [1.54, 1.807) is 0 Å². The molecule has 100 valence electrons. The van der Waals surface area contributed by atoms with Crippen molar-refractivity contribution in [2.24, 2.45) is 11.3 Å². The van der Waals surface area contributed by atoms with Crippen LogP contribution >= 0.6 is 0 Å². The number of hydrogen-bond donors (Lipinski definition) is 0. The fraction of sp³-hybridized carbons (Fsp3) is 0.786. The van der Waals surface area contributed by atoms with Gasteiger partial charge in [-0.15, -0.1) is 0 Å². The van der Waals surface area contributed by atoms with Crippen molar-refractivity contribution in [2.75, 3.05) is 0 Å². The SMILES string of the molecule is CC(C)(C)Cc1noc(CC(=O)C2CCCC2)n1. The van der Waals surface area contributed by atoms with Gasteiger partial charge in [0.25, 0.3) is 0 Å². The summed E-state index contributed by atoms with van der Waals surface area (Å²) < 4.78 is 5.16. The number of hydrogen-bond acceptors (Lipinski definition) is 4. The summed E-state index contributed by atoms with van der Waals surface area (Å²) in [6.07, 6.45) is 5.49. The highest BCUT2D eigenvalue weighted by Crippen LogP contribution is 2.26. The summed E-state index contributed by atoms with van der Waals surface area (Å²) in [7, 11) is 0. The third kappa shape index (κ3) is 3.65. The maximum atomic E-state index is 12.0. The number of aromatic nitrogens is 2. The van der Waals surface area contributed by atoms with Gasteiger partial charge in [0, 0.05) is 12.3 Å². The van der Waals surface area contributed by atoms with Crippen molar-refractivity contribution in [3.05, 3.63) is 11.7 Å². The highest BCUT2D eigenvalue weighted by atomic mass is 16.5. The molecule has 1 aliphatic rings. The molecule has 2 rings (SSSR count). The van der Waals surface area contributed by atoms with Gasteiger partial charge >= 0.3 is 0 Å². The molecule has 18 heavy (non-hydrogen) atoms. The first-order chi connectivity index (χ1) is 8.44. The first-order valence-electron chi connectivity index (χ1n) is 6.78. The Hall–Kier alpha value is -1.19. The number of carbonyl (C=O) groups excluding carboxylic acids is 1. The molecule has 0 saturated heterocycles. The van der Waals surface area contributed by atoms with E-state index >= 15 is 0 Å². The first-order valence-corrected chi connectivity index (χ1v) is 6.78. The average molecular weight is 250 g/mol. The quantitative estimate of drug-likeness (QED) is 0.824. The van der Waals surface area contributed by atoms with Crippen molar-refractivity contribution in [1.82, 2.24) is 10.1 Å². The van der Waals surface area contributed by atoms with Gasteiger partial charge in [-0.25, -0.2) is 0 Å². The highest BCUT2D eigenvalue weighted by Gasteiger charge is 2.24. The fourth-order valence-electron chi connectivity index (χ4n) is 2.45. The Morgan fingerprint density at radius 3 is 2.61 bits per heavy atom. The second kappa shape index (κ2) is 5.21. The number of carbonyl (C=O) groups is 1. The first kappa shape index (κ1) is 13.2. The fourth-order valence-corrected chi connectivity index (χ4v) is 2.45. The lowest BCUT2D eigenvalue weighted by atomic mass is 9.92. The Labute approximate surface area is 108 Å². The number of nitrogens with zero attached hydrogens (tertiary/aromatic N) is 2. The Morgan fingerprint density at radius 2 is 2.00 bits per heavy atom. The van der Waals surface area contributed by atoms with Crippen molar-refractivity contribution in [3.63, 3.8) is 0 Å². The summed E-state index contributed by atoms with van der Waals surface area (Å²) in [6, 6.07) is 0. The molecule has 1 saturated carbocycles. The molecule has 4 heteroatoms. The zero-order chi connectivity index (χ0) is 13.2. The molecule has 0 spiro atoms. The minimum absolute atomic E-state index is 0.136. The average Bonchev–Trinajstić information content (AvgIpc) is 2.86. The Morgan fingerprint density at radius 1 is 1.33 bits per heavy atom. The van der Waals surface area contributed by atoms with E-state index in [2.05, 4.69) is 30.9 Å². The molecule has 0 radical (unpaired) electrons. The molecule has 0 N–H and O–H groups in total. The Balaban J connectivity index is 1.92. The highest BCUT2D eigenvalue weighted by molar-refractivity contribution is 5.82. The van der Waals surface area contributed by atoms with Gasteiger partial charge in [0.2, 0.25) is 5.89 Å². The topological polar surface area (TPSA) is 56.0 Å². The van der Waals surface area contributed by atoms with Crippen LogP contribution in [0.15, 0.2) is 4.52 Å². The third-order valence-electron chi connectivity index (χ3n) is 3.33. The van der Waals surface area contributed by atoms with Crippen LogP contribution in [-0.4, -0.2) is 15.9 Å². The monoisotopic (exact) mass is 250 g/mol. The van der Waals surface area contributed by atoms with Crippen LogP contribution in [0.2, 0.25) is 0 Å². The Kier molecular flexibility index (Phi) is 3.83. The van der Waals surface area contributed by atoms with Crippen LogP contribution in [0.1, 0.15) is 58.2 Å². The molecule has 4 nitrogen and oxygen atoms in total. The summed E-state index contributed by atoms with van der Waals surface area (Å²) in [4.78, 5) is 16.3.